The second kappa shape index (κ2) is 5.86. The van der Waals surface area contributed by atoms with Gasteiger partial charge < -0.3 is 10.0 Å². The van der Waals surface area contributed by atoms with Gasteiger partial charge in [0.05, 0.1) is 11.5 Å². The third kappa shape index (κ3) is 2.87. The Morgan fingerprint density at radius 3 is 2.45 bits per heavy atom. The van der Waals surface area contributed by atoms with E-state index in [1.54, 1.807) is 24.3 Å². The van der Waals surface area contributed by atoms with E-state index in [4.69, 9.17) is 5.11 Å². The highest BCUT2D eigenvalue weighted by molar-refractivity contribution is 6.07. The summed E-state index contributed by atoms with van der Waals surface area (Å²) in [6.45, 7) is 2.16. The Labute approximate surface area is 117 Å². The average molecular weight is 275 g/mol. The lowest BCUT2D eigenvalue weighted by Crippen LogP contribution is -2.42. The Hall–Kier alpha value is -2.17. The SMILES string of the molecule is CC(=O)c1ccccc1C(=O)N1CCCC(C(=O)O)C1. The molecule has 5 nitrogen and oxygen atoms in total. The van der Waals surface area contributed by atoms with E-state index in [0.717, 1.165) is 0 Å². The molecule has 1 N–H and O–H groups in total. The van der Waals surface area contributed by atoms with E-state index in [0.29, 0.717) is 30.5 Å². The molecule has 20 heavy (non-hydrogen) atoms. The maximum absolute atomic E-state index is 12.5. The van der Waals surface area contributed by atoms with Gasteiger partial charge in [-0.3, -0.25) is 14.4 Å². The van der Waals surface area contributed by atoms with E-state index >= 15 is 0 Å². The van der Waals surface area contributed by atoms with Crippen molar-refractivity contribution in [3.8, 4) is 0 Å². The number of likely N-dealkylation sites (tertiary alicyclic amines) is 1. The van der Waals surface area contributed by atoms with Gasteiger partial charge in [0.15, 0.2) is 5.78 Å². The topological polar surface area (TPSA) is 74.7 Å². The molecule has 1 fully saturated rings. The number of carboxylic acids is 1. The molecule has 5 heteroatoms. The minimum atomic E-state index is -0.873. The Balaban J connectivity index is 2.23. The van der Waals surface area contributed by atoms with E-state index in [1.165, 1.54) is 11.8 Å². The number of carbonyl (C=O) groups excluding carboxylic acids is 2. The van der Waals surface area contributed by atoms with Crippen LogP contribution in [0.1, 0.15) is 40.5 Å². The van der Waals surface area contributed by atoms with Crippen LogP contribution in [0.4, 0.5) is 0 Å². The molecular formula is C15H17NO4. The predicted molar refractivity (Wildman–Crippen MR) is 72.7 cm³/mol. The van der Waals surface area contributed by atoms with Crippen LogP contribution >= 0.6 is 0 Å². The molecule has 1 aliphatic rings. The number of Topliss-reactive ketones (excluding diaryl/α,β-unsaturated/α-hetero) is 1. The highest BCUT2D eigenvalue weighted by atomic mass is 16.4. The van der Waals surface area contributed by atoms with E-state index < -0.39 is 11.9 Å². The fourth-order valence-corrected chi connectivity index (χ4v) is 2.51. The van der Waals surface area contributed by atoms with Crippen molar-refractivity contribution in [3.05, 3.63) is 35.4 Å². The van der Waals surface area contributed by atoms with E-state index in [2.05, 4.69) is 0 Å². The zero-order chi connectivity index (χ0) is 14.7. The molecule has 0 aliphatic carbocycles. The summed E-state index contributed by atoms with van der Waals surface area (Å²) in [6, 6.07) is 6.65. The van der Waals surface area contributed by atoms with Crippen molar-refractivity contribution < 1.29 is 19.5 Å². The zero-order valence-electron chi connectivity index (χ0n) is 11.3. The molecule has 1 heterocycles. The van der Waals surface area contributed by atoms with Crippen LogP contribution in [-0.2, 0) is 4.79 Å². The van der Waals surface area contributed by atoms with E-state index in [-0.39, 0.29) is 18.2 Å². The number of carboxylic acid groups (broad SMARTS) is 1. The van der Waals surface area contributed by atoms with Crippen LogP contribution in [0.25, 0.3) is 0 Å². The first-order valence-electron chi connectivity index (χ1n) is 6.62. The van der Waals surface area contributed by atoms with Crippen LogP contribution in [0.5, 0.6) is 0 Å². The predicted octanol–water partition coefficient (Wildman–Crippen LogP) is 1.83. The number of aliphatic carboxylic acids is 1. The van der Waals surface area contributed by atoms with Crippen molar-refractivity contribution in [2.24, 2.45) is 5.92 Å². The largest absolute Gasteiger partial charge is 0.481 e. The molecule has 1 saturated heterocycles. The molecule has 1 unspecified atom stereocenters. The Morgan fingerprint density at radius 2 is 1.85 bits per heavy atom. The van der Waals surface area contributed by atoms with Gasteiger partial charge in [0.1, 0.15) is 0 Å². The van der Waals surface area contributed by atoms with E-state index in [9.17, 15) is 14.4 Å². The van der Waals surface area contributed by atoms with Gasteiger partial charge in [-0.25, -0.2) is 0 Å². The number of rotatable bonds is 3. The number of amides is 1. The molecule has 0 aromatic heterocycles. The molecule has 1 aromatic rings. The first kappa shape index (κ1) is 14.2. The highest BCUT2D eigenvalue weighted by Gasteiger charge is 2.29. The number of piperidine rings is 1. The van der Waals surface area contributed by atoms with Gasteiger partial charge in [-0.15, -0.1) is 0 Å². The fourth-order valence-electron chi connectivity index (χ4n) is 2.51. The standard InChI is InChI=1S/C15H17NO4/c1-10(17)12-6-2-3-7-13(12)14(18)16-8-4-5-11(9-16)15(19)20/h2-3,6-7,11H,4-5,8-9H2,1H3,(H,19,20). The van der Waals surface area contributed by atoms with Crippen LogP contribution in [0.15, 0.2) is 24.3 Å². The minimum Gasteiger partial charge on any atom is -0.481 e. The summed E-state index contributed by atoms with van der Waals surface area (Å²) in [5.74, 6) is -1.82. The summed E-state index contributed by atoms with van der Waals surface area (Å²) in [6.07, 6.45) is 1.26. The third-order valence-electron chi connectivity index (χ3n) is 3.59. The van der Waals surface area contributed by atoms with Crippen molar-refractivity contribution in [2.75, 3.05) is 13.1 Å². The number of ketones is 1. The summed E-state index contributed by atoms with van der Waals surface area (Å²) in [4.78, 5) is 36.6. The van der Waals surface area contributed by atoms with Crippen LogP contribution in [0.3, 0.4) is 0 Å². The van der Waals surface area contributed by atoms with Gasteiger partial charge in [-0.05, 0) is 25.8 Å². The normalized spacial score (nSPS) is 18.6. The molecule has 0 radical (unpaired) electrons. The highest BCUT2D eigenvalue weighted by Crippen LogP contribution is 2.20. The fraction of sp³-hybridized carbons (Fsp3) is 0.400. The lowest BCUT2D eigenvalue weighted by Gasteiger charge is -2.31. The summed E-state index contributed by atoms with van der Waals surface area (Å²) < 4.78 is 0. The summed E-state index contributed by atoms with van der Waals surface area (Å²) >= 11 is 0. The van der Waals surface area contributed by atoms with Crippen molar-refractivity contribution in [3.63, 3.8) is 0 Å². The lowest BCUT2D eigenvalue weighted by molar-refractivity contribution is -0.143. The maximum atomic E-state index is 12.5. The van der Waals surface area contributed by atoms with Crippen LogP contribution in [0.2, 0.25) is 0 Å². The van der Waals surface area contributed by atoms with Crippen molar-refractivity contribution >= 4 is 17.7 Å². The molecule has 1 aromatic carbocycles. The number of nitrogens with zero attached hydrogens (tertiary/aromatic N) is 1. The van der Waals surface area contributed by atoms with Gasteiger partial charge in [-0.1, -0.05) is 18.2 Å². The number of hydrogen-bond donors (Lipinski definition) is 1. The van der Waals surface area contributed by atoms with Gasteiger partial charge in [0, 0.05) is 18.7 Å². The summed E-state index contributed by atoms with van der Waals surface area (Å²) in [5.41, 5.74) is 0.737. The second-order valence-electron chi connectivity index (χ2n) is 5.03. The van der Waals surface area contributed by atoms with Crippen molar-refractivity contribution in [1.29, 1.82) is 0 Å². The van der Waals surface area contributed by atoms with Gasteiger partial charge in [0.25, 0.3) is 5.91 Å². The van der Waals surface area contributed by atoms with Crippen LogP contribution in [-0.4, -0.2) is 40.8 Å². The Kier molecular flexibility index (Phi) is 4.17. The van der Waals surface area contributed by atoms with Crippen molar-refractivity contribution in [1.82, 2.24) is 4.90 Å². The first-order chi connectivity index (χ1) is 9.50. The molecule has 2 rings (SSSR count). The molecule has 0 saturated carbocycles. The molecule has 0 bridgehead atoms. The monoisotopic (exact) mass is 275 g/mol. The number of benzene rings is 1. The summed E-state index contributed by atoms with van der Waals surface area (Å²) in [7, 11) is 0. The van der Waals surface area contributed by atoms with Crippen molar-refractivity contribution in [2.45, 2.75) is 19.8 Å². The molecular weight excluding hydrogens is 258 g/mol. The number of hydrogen-bond acceptors (Lipinski definition) is 3. The average Bonchev–Trinajstić information content (AvgIpc) is 2.46. The third-order valence-corrected chi connectivity index (χ3v) is 3.59. The zero-order valence-corrected chi connectivity index (χ0v) is 11.3. The van der Waals surface area contributed by atoms with Gasteiger partial charge in [-0.2, -0.15) is 0 Å². The van der Waals surface area contributed by atoms with Gasteiger partial charge >= 0.3 is 5.97 Å². The smallest absolute Gasteiger partial charge is 0.308 e. The molecule has 106 valence electrons. The Morgan fingerprint density at radius 1 is 1.20 bits per heavy atom. The molecule has 1 amide bonds. The van der Waals surface area contributed by atoms with Crippen LogP contribution in [0, 0.1) is 5.92 Å². The molecule has 0 spiro atoms. The van der Waals surface area contributed by atoms with E-state index in [1.807, 2.05) is 0 Å². The second-order valence-corrected chi connectivity index (χ2v) is 5.03. The quantitative estimate of drug-likeness (QED) is 0.854. The lowest BCUT2D eigenvalue weighted by atomic mass is 9.96. The number of carbonyl (C=O) groups is 3. The molecule has 1 aliphatic heterocycles. The van der Waals surface area contributed by atoms with Gasteiger partial charge in [0.2, 0.25) is 0 Å². The Bertz CT molecular complexity index is 553. The maximum Gasteiger partial charge on any atom is 0.308 e. The first-order valence-corrected chi connectivity index (χ1v) is 6.62. The minimum absolute atomic E-state index is 0.166. The van der Waals surface area contributed by atoms with Crippen LogP contribution < -0.4 is 0 Å². The summed E-state index contributed by atoms with van der Waals surface area (Å²) in [5, 5.41) is 9.06. The molecule has 1 atom stereocenters.